The van der Waals surface area contributed by atoms with Gasteiger partial charge in [0.15, 0.2) is 0 Å². The third kappa shape index (κ3) is 3.59. The number of carbonyl (C=O) groups is 1. The van der Waals surface area contributed by atoms with Crippen LogP contribution in [0.4, 0.5) is 11.4 Å². The van der Waals surface area contributed by atoms with Crippen molar-refractivity contribution >= 4 is 28.9 Å². The number of halogens is 1. The highest BCUT2D eigenvalue weighted by atomic mass is 35.5. The Morgan fingerprint density at radius 3 is 2.78 bits per heavy atom. The molecule has 0 radical (unpaired) electrons. The number of carbonyl (C=O) groups excluding carboxylic acids is 1. The number of nitro benzene ring substituents is 1. The summed E-state index contributed by atoms with van der Waals surface area (Å²) in [5.41, 5.74) is 0.113. The first kappa shape index (κ1) is 14.2. The molecule has 0 aliphatic rings. The summed E-state index contributed by atoms with van der Waals surface area (Å²) in [5, 5.41) is 16.6. The van der Waals surface area contributed by atoms with Crippen LogP contribution in [0, 0.1) is 10.1 Å². The van der Waals surface area contributed by atoms with Crippen molar-refractivity contribution in [1.29, 1.82) is 0 Å². The minimum absolute atomic E-state index is 0.154. The summed E-state index contributed by atoms with van der Waals surface area (Å²) in [7, 11) is 0. The molecular formula is C11H14ClN3O3. The van der Waals surface area contributed by atoms with Gasteiger partial charge >= 0.3 is 0 Å². The second kappa shape index (κ2) is 6.20. The summed E-state index contributed by atoms with van der Waals surface area (Å²) >= 11 is 5.70. The van der Waals surface area contributed by atoms with Crippen LogP contribution in [0.1, 0.15) is 13.8 Å². The topological polar surface area (TPSA) is 84.3 Å². The normalized spacial score (nSPS) is 11.7. The third-order valence-corrected chi connectivity index (χ3v) is 2.51. The zero-order valence-corrected chi connectivity index (χ0v) is 10.8. The van der Waals surface area contributed by atoms with Gasteiger partial charge in [0.2, 0.25) is 5.91 Å². The first-order valence-electron chi connectivity index (χ1n) is 5.44. The smallest absolute Gasteiger partial charge is 0.293 e. The number of hydrogen-bond acceptors (Lipinski definition) is 4. The molecule has 0 fully saturated rings. The van der Waals surface area contributed by atoms with Crippen molar-refractivity contribution in [2.75, 3.05) is 11.9 Å². The Morgan fingerprint density at radius 2 is 2.22 bits per heavy atom. The zero-order chi connectivity index (χ0) is 13.7. The molecular weight excluding hydrogens is 258 g/mol. The van der Waals surface area contributed by atoms with Gasteiger partial charge in [-0.3, -0.25) is 14.9 Å². The number of nitrogens with zero attached hydrogens (tertiary/aromatic N) is 1. The molecule has 1 amide bonds. The van der Waals surface area contributed by atoms with E-state index in [1.165, 1.54) is 18.2 Å². The summed E-state index contributed by atoms with van der Waals surface area (Å²) < 4.78 is 0. The van der Waals surface area contributed by atoms with Crippen LogP contribution >= 0.6 is 11.6 Å². The fourth-order valence-electron chi connectivity index (χ4n) is 1.40. The van der Waals surface area contributed by atoms with Gasteiger partial charge in [-0.25, -0.2) is 0 Å². The highest BCUT2D eigenvalue weighted by molar-refractivity contribution is 6.30. The van der Waals surface area contributed by atoms with E-state index in [0.29, 0.717) is 6.54 Å². The van der Waals surface area contributed by atoms with E-state index in [-0.39, 0.29) is 22.3 Å². The molecule has 1 aromatic carbocycles. The maximum absolute atomic E-state index is 11.5. The second-order valence-electron chi connectivity index (χ2n) is 3.68. The van der Waals surface area contributed by atoms with E-state index in [4.69, 9.17) is 11.6 Å². The number of hydrogen-bond donors (Lipinski definition) is 2. The molecule has 18 heavy (non-hydrogen) atoms. The standard InChI is InChI=1S/C11H14ClN3O3/c1-3-13-11(16)7(2)14-9-5-4-8(12)6-10(9)15(17)18/h4-7,14H,3H2,1-2H3,(H,13,16). The van der Waals surface area contributed by atoms with E-state index in [9.17, 15) is 14.9 Å². The average molecular weight is 272 g/mol. The quantitative estimate of drug-likeness (QED) is 0.635. The molecule has 0 saturated carbocycles. The number of amides is 1. The van der Waals surface area contributed by atoms with Crippen LogP contribution in [0.2, 0.25) is 5.02 Å². The summed E-state index contributed by atoms with van der Waals surface area (Å²) in [4.78, 5) is 21.8. The largest absolute Gasteiger partial charge is 0.368 e. The third-order valence-electron chi connectivity index (χ3n) is 2.27. The molecule has 0 saturated heterocycles. The minimum atomic E-state index is -0.565. The van der Waals surface area contributed by atoms with Crippen LogP contribution in [0.3, 0.4) is 0 Å². The molecule has 6 nitrogen and oxygen atoms in total. The van der Waals surface area contributed by atoms with Crippen LogP contribution < -0.4 is 10.6 Å². The van der Waals surface area contributed by atoms with E-state index < -0.39 is 11.0 Å². The number of nitro groups is 1. The summed E-state index contributed by atoms with van der Waals surface area (Å²) in [5.74, 6) is -0.221. The van der Waals surface area contributed by atoms with Gasteiger partial charge in [-0.15, -0.1) is 0 Å². The zero-order valence-electron chi connectivity index (χ0n) is 10.1. The van der Waals surface area contributed by atoms with Gasteiger partial charge in [-0.2, -0.15) is 0 Å². The van der Waals surface area contributed by atoms with Crippen LogP contribution in [-0.2, 0) is 4.79 Å². The first-order chi connectivity index (χ1) is 8.45. The van der Waals surface area contributed by atoms with E-state index in [2.05, 4.69) is 10.6 Å². The van der Waals surface area contributed by atoms with Crippen molar-refractivity contribution in [2.45, 2.75) is 19.9 Å². The van der Waals surface area contributed by atoms with E-state index in [0.717, 1.165) is 0 Å². The Bertz CT molecular complexity index is 465. The van der Waals surface area contributed by atoms with Gasteiger partial charge in [0, 0.05) is 17.6 Å². The van der Waals surface area contributed by atoms with Crippen molar-refractivity contribution in [1.82, 2.24) is 5.32 Å². The molecule has 2 N–H and O–H groups in total. The van der Waals surface area contributed by atoms with Gasteiger partial charge < -0.3 is 10.6 Å². The van der Waals surface area contributed by atoms with Crippen molar-refractivity contribution in [2.24, 2.45) is 0 Å². The summed E-state index contributed by atoms with van der Waals surface area (Å²) in [6.45, 7) is 3.94. The average Bonchev–Trinajstić information content (AvgIpc) is 2.31. The first-order valence-corrected chi connectivity index (χ1v) is 5.81. The lowest BCUT2D eigenvalue weighted by atomic mass is 10.2. The van der Waals surface area contributed by atoms with E-state index >= 15 is 0 Å². The van der Waals surface area contributed by atoms with Crippen molar-refractivity contribution in [3.05, 3.63) is 33.3 Å². The molecule has 1 unspecified atom stereocenters. The van der Waals surface area contributed by atoms with Gasteiger partial charge in [-0.1, -0.05) is 11.6 Å². The molecule has 0 aliphatic heterocycles. The predicted octanol–water partition coefficient (Wildman–Crippen LogP) is 2.18. The van der Waals surface area contributed by atoms with Gasteiger partial charge in [-0.05, 0) is 26.0 Å². The molecule has 7 heteroatoms. The lowest BCUT2D eigenvalue weighted by Crippen LogP contribution is -2.37. The van der Waals surface area contributed by atoms with Gasteiger partial charge in [0.1, 0.15) is 11.7 Å². The lowest BCUT2D eigenvalue weighted by molar-refractivity contribution is -0.384. The fourth-order valence-corrected chi connectivity index (χ4v) is 1.57. The molecule has 0 spiro atoms. The number of rotatable bonds is 5. The molecule has 1 aromatic rings. The molecule has 98 valence electrons. The van der Waals surface area contributed by atoms with E-state index in [1.54, 1.807) is 13.8 Å². The van der Waals surface area contributed by atoms with Crippen molar-refractivity contribution in [3.8, 4) is 0 Å². The Morgan fingerprint density at radius 1 is 1.56 bits per heavy atom. The second-order valence-corrected chi connectivity index (χ2v) is 4.12. The number of nitrogens with one attached hydrogen (secondary N) is 2. The lowest BCUT2D eigenvalue weighted by Gasteiger charge is -2.14. The maximum Gasteiger partial charge on any atom is 0.293 e. The van der Waals surface area contributed by atoms with E-state index in [1.807, 2.05) is 0 Å². The van der Waals surface area contributed by atoms with Crippen LogP contribution in [0.25, 0.3) is 0 Å². The Balaban J connectivity index is 2.90. The molecule has 1 atom stereocenters. The minimum Gasteiger partial charge on any atom is -0.368 e. The Hall–Kier alpha value is -1.82. The highest BCUT2D eigenvalue weighted by Crippen LogP contribution is 2.28. The molecule has 0 heterocycles. The molecule has 0 bridgehead atoms. The summed E-state index contributed by atoms with van der Waals surface area (Å²) in [6, 6.07) is 3.69. The van der Waals surface area contributed by atoms with Crippen LogP contribution in [-0.4, -0.2) is 23.4 Å². The van der Waals surface area contributed by atoms with Crippen LogP contribution in [0.15, 0.2) is 18.2 Å². The van der Waals surface area contributed by atoms with Crippen molar-refractivity contribution in [3.63, 3.8) is 0 Å². The predicted molar refractivity (Wildman–Crippen MR) is 69.9 cm³/mol. The molecule has 0 aliphatic carbocycles. The number of anilines is 1. The molecule has 0 aromatic heterocycles. The monoisotopic (exact) mass is 271 g/mol. The Kier molecular flexibility index (Phi) is 4.91. The maximum atomic E-state index is 11.5. The fraction of sp³-hybridized carbons (Fsp3) is 0.364. The molecule has 1 rings (SSSR count). The Labute approximate surface area is 109 Å². The summed E-state index contributed by atoms with van der Waals surface area (Å²) in [6.07, 6.45) is 0. The highest BCUT2D eigenvalue weighted by Gasteiger charge is 2.18. The van der Waals surface area contributed by atoms with Crippen LogP contribution in [0.5, 0.6) is 0 Å². The van der Waals surface area contributed by atoms with Gasteiger partial charge in [0.25, 0.3) is 5.69 Å². The number of benzene rings is 1. The number of likely N-dealkylation sites (N-methyl/N-ethyl adjacent to an activating group) is 1. The van der Waals surface area contributed by atoms with Gasteiger partial charge in [0.05, 0.1) is 4.92 Å². The SMILES string of the molecule is CCNC(=O)C(C)Nc1ccc(Cl)cc1[N+](=O)[O-]. The van der Waals surface area contributed by atoms with Crippen molar-refractivity contribution < 1.29 is 9.72 Å².